The van der Waals surface area contributed by atoms with Crippen molar-refractivity contribution in [1.82, 2.24) is 98.9 Å². The molecule has 5 fully saturated rings. The molecule has 5 saturated heterocycles. The molecule has 0 radical (unpaired) electrons. The number of aliphatic carboxylic acids is 4. The van der Waals surface area contributed by atoms with E-state index in [0.717, 1.165) is 6.92 Å². The number of rotatable bonds is 53. The van der Waals surface area contributed by atoms with Gasteiger partial charge in [-0.05, 0) is 160 Å². The van der Waals surface area contributed by atoms with E-state index in [-0.39, 0.29) is 122 Å². The predicted molar refractivity (Wildman–Crippen MR) is 496 cm³/mol. The van der Waals surface area contributed by atoms with Gasteiger partial charge < -0.3 is 136 Å². The number of nitrogens with zero attached hydrogens (tertiary/aromatic N) is 5. The van der Waals surface area contributed by atoms with Gasteiger partial charge in [0.2, 0.25) is 112 Å². The summed E-state index contributed by atoms with van der Waals surface area (Å²) in [4.78, 5) is 320. The van der Waals surface area contributed by atoms with E-state index >= 15 is 0 Å². The molecular formula is C91H141N21O28. The molecule has 49 nitrogen and oxygen atoms in total. The molecule has 1 aromatic rings. The van der Waals surface area contributed by atoms with Crippen LogP contribution in [0.3, 0.4) is 0 Å². The molecule has 5 heterocycles. The van der Waals surface area contributed by atoms with E-state index in [0.29, 0.717) is 31.2 Å². The van der Waals surface area contributed by atoms with Crippen molar-refractivity contribution in [3.05, 3.63) is 35.9 Å². The summed E-state index contributed by atoms with van der Waals surface area (Å²) in [7, 11) is 0. The molecule has 19 amide bonds. The number of nitrogens with one attached hydrogen (secondary N) is 14. The third kappa shape index (κ3) is 33.9. The molecule has 0 saturated carbocycles. The van der Waals surface area contributed by atoms with Crippen molar-refractivity contribution < 1.29 is 136 Å². The molecule has 778 valence electrons. The fourth-order valence-electron chi connectivity index (χ4n) is 17.1. The Hall–Kier alpha value is -13.1. The highest BCUT2D eigenvalue weighted by molar-refractivity contribution is 6.03. The Balaban J connectivity index is 1.04. The molecule has 19 atom stereocenters. The van der Waals surface area contributed by atoms with Crippen molar-refractivity contribution in [2.75, 3.05) is 52.4 Å². The van der Waals surface area contributed by atoms with Crippen LogP contribution in [0.5, 0.6) is 0 Å². The van der Waals surface area contributed by atoms with Crippen molar-refractivity contribution in [1.29, 1.82) is 0 Å². The van der Waals surface area contributed by atoms with E-state index in [1.807, 2.05) is 19.2 Å². The fraction of sp³-hybridized carbons (Fsp3) is 0.681. The Bertz CT molecular complexity index is 4640. The van der Waals surface area contributed by atoms with Crippen LogP contribution in [0.15, 0.2) is 30.3 Å². The zero-order chi connectivity index (χ0) is 105. The fourth-order valence-corrected chi connectivity index (χ4v) is 17.1. The number of aliphatic hydroxyl groups is 1. The van der Waals surface area contributed by atoms with Crippen molar-refractivity contribution in [2.45, 2.75) is 320 Å². The number of carboxylic acids is 4. The maximum atomic E-state index is 14.8. The topological polar surface area (TPSA) is 730 Å². The largest absolute Gasteiger partial charge is 0.481 e. The van der Waals surface area contributed by atoms with E-state index in [9.17, 15) is 136 Å². The summed E-state index contributed by atoms with van der Waals surface area (Å²) < 4.78 is 0. The van der Waals surface area contributed by atoms with Crippen LogP contribution in [0.4, 0.5) is 0 Å². The number of carboxylic acid groups (broad SMARTS) is 4. The molecule has 5 aliphatic rings. The van der Waals surface area contributed by atoms with Gasteiger partial charge in [-0.3, -0.25) is 110 Å². The Morgan fingerprint density at radius 1 is 0.364 bits per heavy atom. The number of nitrogens with two attached hydrogens (primary N) is 2. The van der Waals surface area contributed by atoms with E-state index < -0.39 is 302 Å². The second-order valence-electron chi connectivity index (χ2n) is 37.6. The van der Waals surface area contributed by atoms with Crippen LogP contribution in [0, 0.1) is 23.7 Å². The van der Waals surface area contributed by atoms with Crippen LogP contribution in [-0.2, 0) is 117 Å². The molecule has 140 heavy (non-hydrogen) atoms. The second-order valence-corrected chi connectivity index (χ2v) is 37.6. The van der Waals surface area contributed by atoms with Gasteiger partial charge in [0, 0.05) is 45.6 Å². The highest BCUT2D eigenvalue weighted by Gasteiger charge is 2.49. The molecular weight excluding hydrogens is 1840 g/mol. The average molecular weight is 1980 g/mol. The van der Waals surface area contributed by atoms with E-state index in [4.69, 9.17) is 11.5 Å². The first-order valence-corrected chi connectivity index (χ1v) is 47.6. The summed E-state index contributed by atoms with van der Waals surface area (Å²) >= 11 is 0. The molecule has 1 aromatic carbocycles. The lowest BCUT2D eigenvalue weighted by molar-refractivity contribution is -0.149. The van der Waals surface area contributed by atoms with Gasteiger partial charge in [-0.25, -0.2) is 0 Å². The number of aliphatic hydroxyl groups excluding tert-OH is 1. The minimum atomic E-state index is -2.17. The van der Waals surface area contributed by atoms with E-state index in [1.165, 1.54) is 59.1 Å². The van der Waals surface area contributed by atoms with Crippen LogP contribution in [0.25, 0.3) is 0 Å². The van der Waals surface area contributed by atoms with Gasteiger partial charge in [0.1, 0.15) is 109 Å². The standard InChI is InChI=1S/C91H141N21O28/c1-45(2)39-58(104-84(132)70(93)46(3)4)87(135)109-35-20-27-62(109)81(129)96-49(9)73(121)95-50(10)74(122)103-59(40-53-23-14-13-15-24-53)88(136)110-36-21-28-63(110)82(130)97-51(11)86(134)108-34-19-29-64(108)83(131)107-72(48(7)8)90(138)112-38-22-30-65(112)89(137)111-37-18-26-61(111)80(128)94-43-66(114)99-55(31-32-67(115)116)76(124)101-56(41-68(117)118)77(125)105-60(44-113)79(127)100-54(25-16-17-33-92)75(123)102-57(42-69(119)120)78(126)106-71(47(5)6)85(133)98-52(12)91(139)140/h13-15,23-24,45-52,54-65,70-72,113H,16-22,25-44,92-93H2,1-12H3,(H,94,128)(H,95,121)(H,96,129)(H,97,130)(H,98,133)(H,99,114)(H,100,127)(H,101,124)(H,102,123)(H,103,122)(H,104,132)(H,105,125)(H,106,126)(H,107,131)(H,115,116)(H,117,118)(H,119,120)(H,139,140)/t49-,50-,51-,52-,54-,55-,56-,57-,58-,59-,60-,61-,62-,63-,64-,65-,70-,71-,72-/m0/s1. The zero-order valence-electron chi connectivity index (χ0n) is 81.3. The Kier molecular flexibility index (Phi) is 45.5. The quantitative estimate of drug-likeness (QED) is 0.0270. The maximum Gasteiger partial charge on any atom is 0.325 e. The second kappa shape index (κ2) is 55.0. The monoisotopic (exact) mass is 1980 g/mol. The molecule has 49 heteroatoms. The van der Waals surface area contributed by atoms with Crippen LogP contribution >= 0.6 is 0 Å². The Morgan fingerprint density at radius 3 is 1.26 bits per heavy atom. The minimum Gasteiger partial charge on any atom is -0.481 e. The molecule has 0 aromatic heterocycles. The normalized spacial score (nSPS) is 19.8. The molecule has 0 spiro atoms. The smallest absolute Gasteiger partial charge is 0.325 e. The molecule has 23 N–H and O–H groups in total. The third-order valence-electron chi connectivity index (χ3n) is 25.0. The molecule has 0 aliphatic carbocycles. The Morgan fingerprint density at radius 2 is 0.771 bits per heavy atom. The highest BCUT2D eigenvalue weighted by atomic mass is 16.4. The number of likely N-dealkylation sites (tertiary alicyclic amines) is 5. The first kappa shape index (κ1) is 116. The predicted octanol–water partition coefficient (Wildman–Crippen LogP) is -5.96. The molecule has 0 unspecified atom stereocenters. The minimum absolute atomic E-state index is 0.00941. The molecule has 5 aliphatic heterocycles. The summed E-state index contributed by atoms with van der Waals surface area (Å²) in [6, 6.07) is -17.8. The number of carbonyl (C=O) groups is 23. The van der Waals surface area contributed by atoms with Crippen molar-refractivity contribution in [3.63, 3.8) is 0 Å². The lowest BCUT2D eigenvalue weighted by Gasteiger charge is -2.35. The Labute approximate surface area is 810 Å². The summed E-state index contributed by atoms with van der Waals surface area (Å²) in [5.74, 6) is -24.6. The summed E-state index contributed by atoms with van der Waals surface area (Å²) in [6.45, 7) is 17.2. The van der Waals surface area contributed by atoms with Gasteiger partial charge in [-0.2, -0.15) is 0 Å². The lowest BCUT2D eigenvalue weighted by atomic mass is 10.00. The van der Waals surface area contributed by atoms with E-state index in [2.05, 4.69) is 69.1 Å². The number of carbonyl (C=O) groups excluding carboxylic acids is 19. The summed E-state index contributed by atoms with van der Waals surface area (Å²) in [5.41, 5.74) is 12.4. The van der Waals surface area contributed by atoms with Gasteiger partial charge >= 0.3 is 23.9 Å². The summed E-state index contributed by atoms with van der Waals surface area (Å²) in [5, 5.41) is 82.9. The number of benzene rings is 1. The summed E-state index contributed by atoms with van der Waals surface area (Å²) in [6.07, 6.45) is -1.11. The highest BCUT2D eigenvalue weighted by Crippen LogP contribution is 2.29. The first-order chi connectivity index (χ1) is 65.9. The van der Waals surface area contributed by atoms with Gasteiger partial charge in [-0.15, -0.1) is 0 Å². The number of amides is 19. The van der Waals surface area contributed by atoms with Crippen LogP contribution in [-0.4, -0.2) is 353 Å². The molecule has 0 bridgehead atoms. The van der Waals surface area contributed by atoms with Gasteiger partial charge in [0.25, 0.3) is 0 Å². The number of hydrogen-bond acceptors (Lipinski definition) is 26. The van der Waals surface area contributed by atoms with Crippen LogP contribution in [0.1, 0.15) is 204 Å². The van der Waals surface area contributed by atoms with E-state index in [1.54, 1.807) is 58.0 Å². The van der Waals surface area contributed by atoms with Gasteiger partial charge in [-0.1, -0.05) is 85.7 Å². The van der Waals surface area contributed by atoms with Crippen molar-refractivity contribution in [3.8, 4) is 0 Å². The number of hydrogen-bond donors (Lipinski definition) is 21. The lowest BCUT2D eigenvalue weighted by Crippen LogP contribution is -2.61. The van der Waals surface area contributed by atoms with Crippen LogP contribution in [0.2, 0.25) is 0 Å². The van der Waals surface area contributed by atoms with Gasteiger partial charge in [0.15, 0.2) is 0 Å². The third-order valence-corrected chi connectivity index (χ3v) is 25.0. The number of unbranched alkanes of at least 4 members (excludes halogenated alkanes) is 1. The molecule has 6 rings (SSSR count). The zero-order valence-corrected chi connectivity index (χ0v) is 81.3. The average Bonchev–Trinajstić information content (AvgIpc) is 1.66. The van der Waals surface area contributed by atoms with Crippen LogP contribution < -0.4 is 85.9 Å². The SMILES string of the molecule is CC(C)C[C@H](NC(=O)[C@@H](N)C(C)C)C(=O)N1CCC[C@H]1C(=O)N[C@@H](C)C(=O)N[C@@H](C)C(=O)N[C@@H](Cc1ccccc1)C(=O)N1CCC[C@H]1C(=O)N[C@@H](C)C(=O)N1CCC[C@H]1C(=O)N[C@H](C(=O)N1CCC[C@H]1C(=O)N1CCC[C@H]1C(=O)NCC(=O)N[C@@H](CCC(=O)O)C(=O)N[C@@H](CC(=O)O)C(=O)N[C@@H](CO)C(=O)N[C@@H](CCCCN)C(=O)N[C@@H](CC(=O)O)C(=O)N[C@H](C(=O)N[C@@H](C)C(=O)O)C(C)C)C(C)C. The van der Waals surface area contributed by atoms with Gasteiger partial charge in [0.05, 0.1) is 32.0 Å². The first-order valence-electron chi connectivity index (χ1n) is 47.6. The van der Waals surface area contributed by atoms with Crippen molar-refractivity contribution >= 4 is 136 Å². The van der Waals surface area contributed by atoms with Crippen molar-refractivity contribution in [2.24, 2.45) is 35.1 Å². The maximum absolute atomic E-state index is 14.8.